The van der Waals surface area contributed by atoms with Crippen LogP contribution in [0.4, 0.5) is 0 Å². The van der Waals surface area contributed by atoms with Crippen molar-refractivity contribution in [3.63, 3.8) is 0 Å². The molecule has 1 atom stereocenters. The molecule has 0 aliphatic rings. The normalized spacial score (nSPS) is 12.5. The Hall–Kier alpha value is -0.160. The lowest BCUT2D eigenvalue weighted by molar-refractivity contribution is 0.225. The summed E-state index contributed by atoms with van der Waals surface area (Å²) < 4.78 is 0. The second-order valence-electron chi connectivity index (χ2n) is 3.68. The van der Waals surface area contributed by atoms with Crippen LogP contribution < -0.4 is 5.32 Å². The molecule has 0 saturated heterocycles. The van der Waals surface area contributed by atoms with Crippen LogP contribution in [0.2, 0.25) is 0 Å². The Morgan fingerprint density at radius 1 is 1.44 bits per heavy atom. The summed E-state index contributed by atoms with van der Waals surface area (Å²) in [5.74, 6) is 0. The Labute approximate surface area is 109 Å². The van der Waals surface area contributed by atoms with E-state index in [1.807, 2.05) is 5.51 Å². The van der Waals surface area contributed by atoms with E-state index in [9.17, 15) is 0 Å². The first-order chi connectivity index (χ1) is 7.27. The summed E-state index contributed by atoms with van der Waals surface area (Å²) in [6, 6.07) is 0.596. The van der Waals surface area contributed by atoms with E-state index in [0.717, 1.165) is 31.9 Å². The summed E-state index contributed by atoms with van der Waals surface area (Å²) in [5, 5.41) is 5.53. The lowest BCUT2D eigenvalue weighted by atomic mass is 10.2. The number of thiazole rings is 1. The molecule has 0 radical (unpaired) electrons. The summed E-state index contributed by atoms with van der Waals surface area (Å²) in [4.78, 5) is 6.69. The van der Waals surface area contributed by atoms with E-state index in [1.54, 1.807) is 11.3 Å². The molecule has 1 unspecified atom stereocenters. The number of aromatic nitrogens is 1. The third-order valence-electron chi connectivity index (χ3n) is 2.67. The molecule has 1 rings (SSSR count). The van der Waals surface area contributed by atoms with E-state index >= 15 is 0 Å². The first-order valence-electron chi connectivity index (χ1n) is 5.59. The van der Waals surface area contributed by atoms with Gasteiger partial charge in [-0.25, -0.2) is 4.98 Å². The predicted molar refractivity (Wildman–Crippen MR) is 73.5 cm³/mol. The lowest BCUT2D eigenvalue weighted by Crippen LogP contribution is -2.40. The van der Waals surface area contributed by atoms with Gasteiger partial charge in [-0.05, 0) is 20.0 Å². The van der Waals surface area contributed by atoms with Gasteiger partial charge in [0.2, 0.25) is 0 Å². The van der Waals surface area contributed by atoms with Crippen molar-refractivity contribution < 1.29 is 0 Å². The predicted octanol–water partition coefficient (Wildman–Crippen LogP) is 2.38. The zero-order valence-corrected chi connectivity index (χ0v) is 11.9. The molecule has 0 aromatic carbocycles. The number of halogens is 1. The quantitative estimate of drug-likeness (QED) is 0.819. The van der Waals surface area contributed by atoms with Crippen LogP contribution in [0.5, 0.6) is 0 Å². The summed E-state index contributed by atoms with van der Waals surface area (Å²) >= 11 is 1.65. The topological polar surface area (TPSA) is 28.2 Å². The van der Waals surface area contributed by atoms with Crippen LogP contribution in [-0.4, -0.2) is 35.6 Å². The molecule has 3 nitrogen and oxygen atoms in total. The zero-order valence-electron chi connectivity index (χ0n) is 10.3. The van der Waals surface area contributed by atoms with Crippen molar-refractivity contribution in [3.05, 3.63) is 16.6 Å². The first kappa shape index (κ1) is 15.8. The summed E-state index contributed by atoms with van der Waals surface area (Å²) in [5.41, 5.74) is 3.02. The Morgan fingerprint density at radius 3 is 2.62 bits per heavy atom. The molecule has 5 heteroatoms. The van der Waals surface area contributed by atoms with Crippen molar-refractivity contribution in [1.29, 1.82) is 0 Å². The highest BCUT2D eigenvalue weighted by Crippen LogP contribution is 2.01. The average molecular weight is 264 g/mol. The molecule has 94 valence electrons. The number of hydrogen-bond donors (Lipinski definition) is 1. The maximum atomic E-state index is 4.24. The van der Waals surface area contributed by atoms with E-state index in [-0.39, 0.29) is 12.4 Å². The Morgan fingerprint density at radius 2 is 2.12 bits per heavy atom. The molecule has 1 aromatic rings. The van der Waals surface area contributed by atoms with E-state index in [2.05, 4.69) is 41.4 Å². The van der Waals surface area contributed by atoms with Crippen LogP contribution in [-0.2, 0) is 6.54 Å². The van der Waals surface area contributed by atoms with E-state index < -0.39 is 0 Å². The second kappa shape index (κ2) is 8.93. The molecular weight excluding hydrogens is 242 g/mol. The van der Waals surface area contributed by atoms with Crippen LogP contribution in [0.25, 0.3) is 0 Å². The fraction of sp³-hybridized carbons (Fsp3) is 0.727. The van der Waals surface area contributed by atoms with Gasteiger partial charge in [0.1, 0.15) is 0 Å². The smallest absolute Gasteiger partial charge is 0.0795 e. The van der Waals surface area contributed by atoms with E-state index in [4.69, 9.17) is 0 Å². The summed E-state index contributed by atoms with van der Waals surface area (Å²) in [7, 11) is 0. The number of hydrogen-bond acceptors (Lipinski definition) is 4. The van der Waals surface area contributed by atoms with Crippen LogP contribution in [0, 0.1) is 0 Å². The van der Waals surface area contributed by atoms with Crippen molar-refractivity contribution in [2.45, 2.75) is 33.4 Å². The van der Waals surface area contributed by atoms with Gasteiger partial charge in [0, 0.05) is 24.5 Å². The summed E-state index contributed by atoms with van der Waals surface area (Å²) in [6.45, 7) is 10.8. The minimum atomic E-state index is 0. The Kier molecular flexibility index (Phi) is 8.84. The second-order valence-corrected chi connectivity index (χ2v) is 4.40. The maximum absolute atomic E-state index is 4.24. The highest BCUT2D eigenvalue weighted by molar-refractivity contribution is 7.07. The number of nitrogens with zero attached hydrogens (tertiary/aromatic N) is 2. The van der Waals surface area contributed by atoms with Gasteiger partial charge in [-0.2, -0.15) is 0 Å². The fourth-order valence-corrected chi connectivity index (χ4v) is 2.27. The Balaban J connectivity index is 0.00000225. The molecule has 0 bridgehead atoms. The van der Waals surface area contributed by atoms with E-state index in [0.29, 0.717) is 6.04 Å². The van der Waals surface area contributed by atoms with Crippen LogP contribution in [0.15, 0.2) is 10.9 Å². The van der Waals surface area contributed by atoms with Gasteiger partial charge >= 0.3 is 0 Å². The molecule has 0 amide bonds. The molecule has 0 aliphatic heterocycles. The van der Waals surface area contributed by atoms with Gasteiger partial charge in [-0.1, -0.05) is 13.8 Å². The standard InChI is InChI=1S/C11H21N3S.ClH/c1-4-14(5-2)10(3)6-12-7-11-8-15-9-13-11;/h8-10,12H,4-7H2,1-3H3;1H. The monoisotopic (exact) mass is 263 g/mol. The molecule has 1 N–H and O–H groups in total. The van der Waals surface area contributed by atoms with Crippen LogP contribution in [0.3, 0.4) is 0 Å². The molecule has 16 heavy (non-hydrogen) atoms. The third kappa shape index (κ3) is 5.25. The van der Waals surface area contributed by atoms with Crippen LogP contribution >= 0.6 is 23.7 Å². The van der Waals surface area contributed by atoms with E-state index in [1.165, 1.54) is 0 Å². The molecule has 0 saturated carbocycles. The largest absolute Gasteiger partial charge is 0.310 e. The highest BCUT2D eigenvalue weighted by atomic mass is 35.5. The van der Waals surface area contributed by atoms with Crippen LogP contribution in [0.1, 0.15) is 26.5 Å². The molecule has 1 aromatic heterocycles. The van der Waals surface area contributed by atoms with Crippen molar-refractivity contribution in [1.82, 2.24) is 15.2 Å². The third-order valence-corrected chi connectivity index (χ3v) is 3.30. The number of likely N-dealkylation sites (N-methyl/N-ethyl adjacent to an activating group) is 1. The highest BCUT2D eigenvalue weighted by Gasteiger charge is 2.08. The molecule has 0 fully saturated rings. The molecule has 1 heterocycles. The molecule has 0 aliphatic carbocycles. The summed E-state index contributed by atoms with van der Waals surface area (Å²) in [6.07, 6.45) is 0. The first-order valence-corrected chi connectivity index (χ1v) is 6.54. The maximum Gasteiger partial charge on any atom is 0.0795 e. The number of rotatable bonds is 7. The van der Waals surface area contributed by atoms with Crippen molar-refractivity contribution in [3.8, 4) is 0 Å². The van der Waals surface area contributed by atoms with Gasteiger partial charge < -0.3 is 5.32 Å². The van der Waals surface area contributed by atoms with Gasteiger partial charge in [-0.3, -0.25) is 4.90 Å². The van der Waals surface area contributed by atoms with Gasteiger partial charge in [0.15, 0.2) is 0 Å². The van der Waals surface area contributed by atoms with Crippen molar-refractivity contribution in [2.24, 2.45) is 0 Å². The SMILES string of the molecule is CCN(CC)C(C)CNCc1cscn1.Cl. The fourth-order valence-electron chi connectivity index (χ4n) is 1.71. The minimum absolute atomic E-state index is 0. The Bertz CT molecular complexity index is 250. The van der Waals surface area contributed by atoms with Gasteiger partial charge in [-0.15, -0.1) is 23.7 Å². The zero-order chi connectivity index (χ0) is 11.1. The average Bonchev–Trinajstić information content (AvgIpc) is 2.72. The van der Waals surface area contributed by atoms with Crippen molar-refractivity contribution >= 4 is 23.7 Å². The van der Waals surface area contributed by atoms with Crippen molar-refractivity contribution in [2.75, 3.05) is 19.6 Å². The lowest BCUT2D eigenvalue weighted by Gasteiger charge is -2.26. The molecule has 0 spiro atoms. The van der Waals surface area contributed by atoms with Gasteiger partial charge in [0.05, 0.1) is 11.2 Å². The number of nitrogens with one attached hydrogen (secondary N) is 1. The van der Waals surface area contributed by atoms with Gasteiger partial charge in [0.25, 0.3) is 0 Å². The minimum Gasteiger partial charge on any atom is -0.310 e. The molecular formula is C11H22ClN3S.